The van der Waals surface area contributed by atoms with E-state index < -0.39 is 21.9 Å². The van der Waals surface area contributed by atoms with Crippen molar-refractivity contribution in [1.29, 1.82) is 0 Å². The molecule has 0 radical (unpaired) electrons. The van der Waals surface area contributed by atoms with Gasteiger partial charge in [-0.1, -0.05) is 12.1 Å². The summed E-state index contributed by atoms with van der Waals surface area (Å²) in [5, 5.41) is 2.92. The average molecular weight is 480 g/mol. The predicted octanol–water partition coefficient (Wildman–Crippen LogP) is 2.99. The first-order valence-electron chi connectivity index (χ1n) is 10.0. The summed E-state index contributed by atoms with van der Waals surface area (Å²) in [6.07, 6.45) is 0.102. The number of amides is 2. The Balaban J connectivity index is 1.63. The molecule has 32 heavy (non-hydrogen) atoms. The lowest BCUT2D eigenvalue weighted by Gasteiger charge is -2.27. The van der Waals surface area contributed by atoms with Crippen LogP contribution in [0.3, 0.4) is 0 Å². The van der Waals surface area contributed by atoms with Gasteiger partial charge in [-0.15, -0.1) is 11.8 Å². The molecule has 10 heteroatoms. The predicted molar refractivity (Wildman–Crippen MR) is 123 cm³/mol. The summed E-state index contributed by atoms with van der Waals surface area (Å²) < 4.78 is 40.3. The summed E-state index contributed by atoms with van der Waals surface area (Å²) in [5.41, 5.74) is 0.646. The van der Waals surface area contributed by atoms with E-state index in [1.165, 1.54) is 23.9 Å². The van der Waals surface area contributed by atoms with Crippen molar-refractivity contribution in [3.8, 4) is 0 Å². The van der Waals surface area contributed by atoms with Gasteiger partial charge in [0.1, 0.15) is 11.9 Å². The second kappa shape index (κ2) is 9.50. The van der Waals surface area contributed by atoms with Crippen LogP contribution in [0.5, 0.6) is 0 Å². The summed E-state index contributed by atoms with van der Waals surface area (Å²) in [6, 6.07) is 10.5. The normalized spacial score (nSPS) is 16.6. The summed E-state index contributed by atoms with van der Waals surface area (Å²) in [5.74, 6) is 0.159. The first-order chi connectivity index (χ1) is 14.9. The number of carbonyl (C=O) groups is 2. The monoisotopic (exact) mass is 479 g/mol. The number of halogens is 1. The Morgan fingerprint density at radius 3 is 2.31 bits per heavy atom. The quantitative estimate of drug-likeness (QED) is 0.664. The van der Waals surface area contributed by atoms with E-state index in [9.17, 15) is 22.4 Å². The minimum atomic E-state index is -3.85. The van der Waals surface area contributed by atoms with Crippen LogP contribution in [0.1, 0.15) is 26.3 Å². The van der Waals surface area contributed by atoms with Crippen LogP contribution in [0, 0.1) is 5.82 Å². The van der Waals surface area contributed by atoms with Gasteiger partial charge in [-0.05, 0) is 62.7 Å². The molecule has 1 unspecified atom stereocenters. The highest BCUT2D eigenvalue weighted by molar-refractivity contribution is 7.99. The fourth-order valence-electron chi connectivity index (χ4n) is 3.15. The van der Waals surface area contributed by atoms with Crippen molar-refractivity contribution in [3.63, 3.8) is 0 Å². The summed E-state index contributed by atoms with van der Waals surface area (Å²) in [6.45, 7) is 5.68. The number of carbonyl (C=O) groups excluding carboxylic acids is 2. The van der Waals surface area contributed by atoms with Gasteiger partial charge in [0.15, 0.2) is 0 Å². The van der Waals surface area contributed by atoms with E-state index in [-0.39, 0.29) is 28.7 Å². The fourth-order valence-corrected chi connectivity index (χ4v) is 5.39. The molecule has 2 aromatic rings. The van der Waals surface area contributed by atoms with Gasteiger partial charge in [-0.3, -0.25) is 14.3 Å². The lowest BCUT2D eigenvalue weighted by molar-refractivity contribution is -0.138. The van der Waals surface area contributed by atoms with E-state index in [2.05, 4.69) is 10.0 Å². The van der Waals surface area contributed by atoms with E-state index in [0.717, 1.165) is 12.1 Å². The van der Waals surface area contributed by atoms with Gasteiger partial charge in [-0.25, -0.2) is 12.8 Å². The van der Waals surface area contributed by atoms with Crippen LogP contribution in [0.2, 0.25) is 0 Å². The fraction of sp³-hybridized carbons (Fsp3) is 0.364. The molecule has 2 aromatic carbocycles. The van der Waals surface area contributed by atoms with Crippen LogP contribution in [-0.4, -0.2) is 48.3 Å². The largest absolute Gasteiger partial charge is 0.350 e. The van der Waals surface area contributed by atoms with Crippen molar-refractivity contribution >= 4 is 39.3 Å². The van der Waals surface area contributed by atoms with Crippen LogP contribution in [-0.2, 0) is 26.0 Å². The average Bonchev–Trinajstić information content (AvgIpc) is 3.19. The Kier molecular flexibility index (Phi) is 7.14. The Bertz CT molecular complexity index is 1080. The molecule has 1 aliphatic heterocycles. The van der Waals surface area contributed by atoms with Crippen LogP contribution in [0.25, 0.3) is 0 Å². The van der Waals surface area contributed by atoms with Gasteiger partial charge >= 0.3 is 0 Å². The van der Waals surface area contributed by atoms with E-state index >= 15 is 0 Å². The molecule has 0 bridgehead atoms. The number of sulfonamides is 1. The molecule has 0 aromatic heterocycles. The first kappa shape index (κ1) is 24.1. The second-order valence-corrected chi connectivity index (χ2v) is 11.2. The topological polar surface area (TPSA) is 95.6 Å². The number of hydrogen-bond donors (Lipinski definition) is 2. The summed E-state index contributed by atoms with van der Waals surface area (Å²) in [7, 11) is -3.85. The maximum Gasteiger partial charge on any atom is 0.261 e. The third kappa shape index (κ3) is 6.23. The standard InChI is InChI=1S/C22H26FN3O4S2/c1-22(2,3)24-21(28)19-13-31-14-26(19)20(27)12-15-4-8-17(9-5-15)25-32(29,30)18-10-6-16(23)7-11-18/h4-11,19,25H,12-14H2,1-3H3,(H,24,28). The lowest BCUT2D eigenvalue weighted by atomic mass is 10.1. The summed E-state index contributed by atoms with van der Waals surface area (Å²) in [4.78, 5) is 26.9. The summed E-state index contributed by atoms with van der Waals surface area (Å²) >= 11 is 1.54. The molecule has 0 saturated carbocycles. The van der Waals surface area contributed by atoms with E-state index in [1.807, 2.05) is 20.8 Å². The van der Waals surface area contributed by atoms with Crippen molar-refractivity contribution in [2.24, 2.45) is 0 Å². The number of hydrogen-bond acceptors (Lipinski definition) is 5. The zero-order valence-corrected chi connectivity index (χ0v) is 19.7. The SMILES string of the molecule is CC(C)(C)NC(=O)C1CSCN1C(=O)Cc1ccc(NS(=O)(=O)c2ccc(F)cc2)cc1. The molecule has 0 spiro atoms. The van der Waals surface area contributed by atoms with Gasteiger partial charge in [0, 0.05) is 17.0 Å². The second-order valence-electron chi connectivity index (χ2n) is 8.55. The molecule has 1 aliphatic rings. The van der Waals surface area contributed by atoms with Crippen molar-refractivity contribution < 1.29 is 22.4 Å². The Morgan fingerprint density at radius 2 is 1.72 bits per heavy atom. The molecule has 1 fully saturated rings. The van der Waals surface area contributed by atoms with Crippen LogP contribution < -0.4 is 10.0 Å². The zero-order valence-electron chi connectivity index (χ0n) is 18.1. The van der Waals surface area contributed by atoms with Crippen molar-refractivity contribution in [2.45, 2.75) is 43.7 Å². The lowest BCUT2D eigenvalue weighted by Crippen LogP contribution is -2.52. The van der Waals surface area contributed by atoms with Gasteiger partial charge in [0.2, 0.25) is 11.8 Å². The van der Waals surface area contributed by atoms with Gasteiger partial charge in [0.25, 0.3) is 10.0 Å². The van der Waals surface area contributed by atoms with Crippen molar-refractivity contribution in [3.05, 3.63) is 59.9 Å². The Morgan fingerprint density at radius 1 is 1.09 bits per heavy atom. The number of thioether (sulfide) groups is 1. The maximum absolute atomic E-state index is 13.0. The van der Waals surface area contributed by atoms with E-state index in [1.54, 1.807) is 29.2 Å². The first-order valence-corrected chi connectivity index (χ1v) is 12.6. The third-order valence-corrected chi connectivity index (χ3v) is 7.10. The van der Waals surface area contributed by atoms with E-state index in [4.69, 9.17) is 0 Å². The Labute approximate surface area is 191 Å². The molecule has 2 N–H and O–H groups in total. The highest BCUT2D eigenvalue weighted by atomic mass is 32.2. The minimum Gasteiger partial charge on any atom is -0.350 e. The molecule has 3 rings (SSSR count). The molecule has 0 aliphatic carbocycles. The maximum atomic E-state index is 13.0. The highest BCUT2D eigenvalue weighted by Gasteiger charge is 2.35. The van der Waals surface area contributed by atoms with E-state index in [0.29, 0.717) is 22.9 Å². The minimum absolute atomic E-state index is 0.0516. The van der Waals surface area contributed by atoms with Crippen LogP contribution in [0.15, 0.2) is 53.4 Å². The number of nitrogens with zero attached hydrogens (tertiary/aromatic N) is 1. The van der Waals surface area contributed by atoms with Crippen molar-refractivity contribution in [2.75, 3.05) is 16.4 Å². The number of benzene rings is 2. The molecular weight excluding hydrogens is 453 g/mol. The molecule has 7 nitrogen and oxygen atoms in total. The molecular formula is C22H26FN3O4S2. The third-order valence-electron chi connectivity index (χ3n) is 4.69. The number of rotatable bonds is 6. The van der Waals surface area contributed by atoms with Gasteiger partial charge < -0.3 is 10.2 Å². The molecule has 1 saturated heterocycles. The molecule has 1 heterocycles. The smallest absolute Gasteiger partial charge is 0.261 e. The van der Waals surface area contributed by atoms with Crippen LogP contribution >= 0.6 is 11.8 Å². The number of anilines is 1. The van der Waals surface area contributed by atoms with Gasteiger partial charge in [0.05, 0.1) is 17.2 Å². The molecule has 2 amide bonds. The molecule has 1 atom stereocenters. The van der Waals surface area contributed by atoms with Crippen molar-refractivity contribution in [1.82, 2.24) is 10.2 Å². The molecule has 172 valence electrons. The highest BCUT2D eigenvalue weighted by Crippen LogP contribution is 2.23. The van der Waals surface area contributed by atoms with Gasteiger partial charge in [-0.2, -0.15) is 0 Å². The zero-order chi connectivity index (χ0) is 23.5. The number of nitrogens with one attached hydrogen (secondary N) is 2. The van der Waals surface area contributed by atoms with Crippen LogP contribution in [0.4, 0.5) is 10.1 Å². The Hall–Kier alpha value is -2.59.